The molecule has 0 aliphatic rings. The van der Waals surface area contributed by atoms with Crippen LogP contribution in [0.1, 0.15) is 12.0 Å². The van der Waals surface area contributed by atoms with Crippen LogP contribution in [-0.4, -0.2) is 38.1 Å². The Morgan fingerprint density at radius 2 is 2.06 bits per heavy atom. The Bertz CT molecular complexity index is 360. The third-order valence-electron chi connectivity index (χ3n) is 2.45. The van der Waals surface area contributed by atoms with Gasteiger partial charge in [-0.2, -0.15) is 0 Å². The lowest BCUT2D eigenvalue weighted by Crippen LogP contribution is -2.22. The van der Waals surface area contributed by atoms with Gasteiger partial charge < -0.3 is 9.64 Å². The van der Waals surface area contributed by atoms with Crippen LogP contribution in [0.5, 0.6) is 0 Å². The molecule has 0 bridgehead atoms. The van der Waals surface area contributed by atoms with E-state index in [-0.39, 0.29) is 5.97 Å². The van der Waals surface area contributed by atoms with Gasteiger partial charge in [0, 0.05) is 13.1 Å². The van der Waals surface area contributed by atoms with Crippen molar-refractivity contribution < 1.29 is 9.53 Å². The predicted octanol–water partition coefficient (Wildman–Crippen LogP) is 2.19. The highest BCUT2D eigenvalue weighted by Gasteiger charge is 2.02. The summed E-state index contributed by atoms with van der Waals surface area (Å²) in [6, 6.07) is 10.1. The summed E-state index contributed by atoms with van der Waals surface area (Å²) < 4.78 is 4.59. The van der Waals surface area contributed by atoms with E-state index in [9.17, 15) is 4.79 Å². The van der Waals surface area contributed by atoms with Gasteiger partial charge in [-0.25, -0.2) is 0 Å². The van der Waals surface area contributed by atoms with Crippen LogP contribution in [0.25, 0.3) is 6.08 Å². The topological polar surface area (TPSA) is 29.5 Å². The number of methoxy groups -OCH3 is 1. The maximum Gasteiger partial charge on any atom is 0.306 e. The Morgan fingerprint density at radius 1 is 1.35 bits per heavy atom. The van der Waals surface area contributed by atoms with Crippen molar-refractivity contribution in [3.05, 3.63) is 42.0 Å². The van der Waals surface area contributed by atoms with Gasteiger partial charge in [-0.3, -0.25) is 4.79 Å². The van der Waals surface area contributed by atoms with E-state index in [1.165, 1.54) is 12.7 Å². The van der Waals surface area contributed by atoms with Gasteiger partial charge in [0.15, 0.2) is 0 Å². The van der Waals surface area contributed by atoms with Gasteiger partial charge in [0.25, 0.3) is 0 Å². The molecule has 0 radical (unpaired) electrons. The first-order valence-electron chi connectivity index (χ1n) is 5.69. The van der Waals surface area contributed by atoms with Crippen LogP contribution < -0.4 is 0 Å². The summed E-state index contributed by atoms with van der Waals surface area (Å²) in [5, 5.41) is 0. The molecule has 0 heterocycles. The average molecular weight is 233 g/mol. The summed E-state index contributed by atoms with van der Waals surface area (Å²) in [6.45, 7) is 1.54. The molecule has 0 N–H and O–H groups in total. The molecular weight excluding hydrogens is 214 g/mol. The lowest BCUT2D eigenvalue weighted by molar-refractivity contribution is -0.140. The maximum absolute atomic E-state index is 10.9. The second kappa shape index (κ2) is 7.63. The van der Waals surface area contributed by atoms with Crippen LogP contribution in [0.4, 0.5) is 0 Å². The van der Waals surface area contributed by atoms with E-state index in [0.29, 0.717) is 13.0 Å². The van der Waals surface area contributed by atoms with Crippen LogP contribution >= 0.6 is 0 Å². The molecule has 0 aliphatic carbocycles. The van der Waals surface area contributed by atoms with E-state index >= 15 is 0 Å². The molecule has 17 heavy (non-hydrogen) atoms. The molecule has 0 spiro atoms. The normalized spacial score (nSPS) is 11.0. The van der Waals surface area contributed by atoms with Crippen molar-refractivity contribution >= 4 is 12.0 Å². The highest BCUT2D eigenvalue weighted by atomic mass is 16.5. The van der Waals surface area contributed by atoms with Crippen molar-refractivity contribution in [1.82, 2.24) is 4.90 Å². The third kappa shape index (κ3) is 5.88. The molecule has 0 unspecified atom stereocenters. The van der Waals surface area contributed by atoms with Gasteiger partial charge >= 0.3 is 5.97 Å². The Balaban J connectivity index is 2.26. The lowest BCUT2D eigenvalue weighted by Gasteiger charge is -2.12. The van der Waals surface area contributed by atoms with Gasteiger partial charge in [-0.1, -0.05) is 42.5 Å². The first kappa shape index (κ1) is 13.5. The molecule has 3 heteroatoms. The van der Waals surface area contributed by atoms with E-state index in [1.807, 2.05) is 25.2 Å². The number of likely N-dealkylation sites (N-methyl/N-ethyl adjacent to an activating group) is 1. The van der Waals surface area contributed by atoms with Crippen LogP contribution in [0.2, 0.25) is 0 Å². The van der Waals surface area contributed by atoms with Crippen molar-refractivity contribution in [2.24, 2.45) is 0 Å². The highest BCUT2D eigenvalue weighted by molar-refractivity contribution is 5.69. The zero-order valence-electron chi connectivity index (χ0n) is 10.4. The predicted molar refractivity (Wildman–Crippen MR) is 69.6 cm³/mol. The fourth-order valence-corrected chi connectivity index (χ4v) is 1.41. The van der Waals surface area contributed by atoms with Crippen LogP contribution in [0.15, 0.2) is 36.4 Å². The molecule has 0 aliphatic heterocycles. The van der Waals surface area contributed by atoms with Crippen LogP contribution in [-0.2, 0) is 9.53 Å². The first-order chi connectivity index (χ1) is 8.22. The molecule has 0 atom stereocenters. The molecule has 0 amide bonds. The van der Waals surface area contributed by atoms with Crippen LogP contribution in [0.3, 0.4) is 0 Å². The van der Waals surface area contributed by atoms with Crippen LogP contribution in [0, 0.1) is 0 Å². The number of hydrogen-bond donors (Lipinski definition) is 0. The minimum Gasteiger partial charge on any atom is -0.469 e. The molecule has 92 valence electrons. The Hall–Kier alpha value is -1.61. The molecule has 0 aromatic heterocycles. The van der Waals surface area contributed by atoms with Crippen molar-refractivity contribution in [3.8, 4) is 0 Å². The molecule has 1 aromatic rings. The second-order valence-electron chi connectivity index (χ2n) is 3.90. The second-order valence-corrected chi connectivity index (χ2v) is 3.90. The summed E-state index contributed by atoms with van der Waals surface area (Å²) in [6.07, 6.45) is 4.60. The monoisotopic (exact) mass is 233 g/mol. The lowest BCUT2D eigenvalue weighted by atomic mass is 10.2. The van der Waals surface area contributed by atoms with E-state index in [0.717, 1.165) is 6.54 Å². The largest absolute Gasteiger partial charge is 0.469 e. The number of carbonyl (C=O) groups excluding carboxylic acids is 1. The number of benzene rings is 1. The third-order valence-corrected chi connectivity index (χ3v) is 2.45. The molecule has 1 aromatic carbocycles. The highest BCUT2D eigenvalue weighted by Crippen LogP contribution is 2.01. The zero-order chi connectivity index (χ0) is 12.5. The summed E-state index contributed by atoms with van der Waals surface area (Å²) in [5.74, 6) is -0.163. The van der Waals surface area contributed by atoms with Crippen molar-refractivity contribution in [1.29, 1.82) is 0 Å². The molecule has 0 saturated carbocycles. The first-order valence-corrected chi connectivity index (χ1v) is 5.69. The molecule has 0 saturated heterocycles. The fraction of sp³-hybridized carbons (Fsp3) is 0.357. The fourth-order valence-electron chi connectivity index (χ4n) is 1.41. The maximum atomic E-state index is 10.9. The number of hydrogen-bond acceptors (Lipinski definition) is 3. The molecule has 0 fully saturated rings. The molecular formula is C14H19NO2. The average Bonchev–Trinajstić information content (AvgIpc) is 2.37. The quantitative estimate of drug-likeness (QED) is 0.705. The van der Waals surface area contributed by atoms with Crippen molar-refractivity contribution in [2.75, 3.05) is 27.2 Å². The van der Waals surface area contributed by atoms with E-state index in [1.54, 1.807) is 0 Å². The Kier molecular flexibility index (Phi) is 6.04. The number of nitrogens with zero attached hydrogens (tertiary/aromatic N) is 1. The van der Waals surface area contributed by atoms with Gasteiger partial charge in [0.2, 0.25) is 0 Å². The van der Waals surface area contributed by atoms with Crippen molar-refractivity contribution in [3.63, 3.8) is 0 Å². The minimum atomic E-state index is -0.163. The molecule has 1 rings (SSSR count). The summed E-state index contributed by atoms with van der Waals surface area (Å²) in [4.78, 5) is 13.0. The van der Waals surface area contributed by atoms with E-state index < -0.39 is 0 Å². The zero-order valence-corrected chi connectivity index (χ0v) is 10.4. The van der Waals surface area contributed by atoms with Gasteiger partial charge in [0.05, 0.1) is 13.5 Å². The van der Waals surface area contributed by atoms with Gasteiger partial charge in [0.1, 0.15) is 0 Å². The standard InChI is InChI=1S/C14H19NO2/c1-15(12-10-14(16)17-2)11-6-9-13-7-4-3-5-8-13/h3-9H,10-12H2,1-2H3. The van der Waals surface area contributed by atoms with E-state index in [2.05, 4.69) is 33.9 Å². The molecule has 3 nitrogen and oxygen atoms in total. The smallest absolute Gasteiger partial charge is 0.306 e. The number of carbonyl (C=O) groups is 1. The summed E-state index contributed by atoms with van der Waals surface area (Å²) in [7, 11) is 3.40. The SMILES string of the molecule is COC(=O)CCN(C)CC=Cc1ccccc1. The number of esters is 1. The Labute approximate surface area is 103 Å². The summed E-state index contributed by atoms with van der Waals surface area (Å²) in [5.41, 5.74) is 1.19. The van der Waals surface area contributed by atoms with Crippen molar-refractivity contribution in [2.45, 2.75) is 6.42 Å². The minimum absolute atomic E-state index is 0.163. The Morgan fingerprint density at radius 3 is 2.71 bits per heavy atom. The van der Waals surface area contributed by atoms with Gasteiger partial charge in [-0.15, -0.1) is 0 Å². The number of ether oxygens (including phenoxy) is 1. The van der Waals surface area contributed by atoms with E-state index in [4.69, 9.17) is 0 Å². The summed E-state index contributed by atoms with van der Waals surface area (Å²) >= 11 is 0. The number of rotatable bonds is 6. The van der Waals surface area contributed by atoms with Gasteiger partial charge in [-0.05, 0) is 12.6 Å².